The summed E-state index contributed by atoms with van der Waals surface area (Å²) in [6.45, 7) is 0. The zero-order chi connectivity index (χ0) is 13.9. The van der Waals surface area contributed by atoms with Crippen LogP contribution in [-0.2, 0) is 9.84 Å². The smallest absolute Gasteiger partial charge is 0.269 e. The van der Waals surface area contributed by atoms with Gasteiger partial charge >= 0.3 is 0 Å². The van der Waals surface area contributed by atoms with E-state index in [2.05, 4.69) is 10.3 Å². The van der Waals surface area contributed by atoms with Gasteiger partial charge in [-0.05, 0) is 24.3 Å². The standard InChI is InChI=1S/C13H12N2O3S/c1-14-13(16)12-8-7-11(9-15-12)19(17,18)10-5-3-2-4-6-10/h2-9H,1H3,(H,14,16). The normalized spacial score (nSPS) is 11.0. The molecule has 1 heterocycles. The highest BCUT2D eigenvalue weighted by Gasteiger charge is 2.18. The van der Waals surface area contributed by atoms with Gasteiger partial charge in [0.1, 0.15) is 5.69 Å². The second-order valence-electron chi connectivity index (χ2n) is 3.77. The monoisotopic (exact) mass is 276 g/mol. The van der Waals surface area contributed by atoms with Crippen molar-refractivity contribution in [3.63, 3.8) is 0 Å². The third-order valence-electron chi connectivity index (χ3n) is 2.56. The number of hydrogen-bond donors (Lipinski definition) is 1. The summed E-state index contributed by atoms with van der Waals surface area (Å²) in [6.07, 6.45) is 1.19. The van der Waals surface area contributed by atoms with E-state index in [1.165, 1.54) is 37.5 Å². The predicted octanol–water partition coefficient (Wildman–Crippen LogP) is 1.27. The molecule has 1 amide bonds. The van der Waals surface area contributed by atoms with E-state index in [4.69, 9.17) is 0 Å². The van der Waals surface area contributed by atoms with Gasteiger partial charge in [0.25, 0.3) is 5.91 Å². The van der Waals surface area contributed by atoms with Crippen LogP contribution in [0.15, 0.2) is 58.5 Å². The van der Waals surface area contributed by atoms with Crippen LogP contribution in [0.1, 0.15) is 10.5 Å². The first-order valence-electron chi connectivity index (χ1n) is 5.54. The van der Waals surface area contributed by atoms with E-state index >= 15 is 0 Å². The quantitative estimate of drug-likeness (QED) is 0.916. The van der Waals surface area contributed by atoms with Crippen LogP contribution >= 0.6 is 0 Å². The summed E-state index contributed by atoms with van der Waals surface area (Å²) < 4.78 is 24.5. The van der Waals surface area contributed by atoms with Crippen molar-refractivity contribution < 1.29 is 13.2 Å². The second kappa shape index (κ2) is 5.19. The van der Waals surface area contributed by atoms with Gasteiger partial charge in [0, 0.05) is 13.2 Å². The van der Waals surface area contributed by atoms with Crippen LogP contribution in [0.5, 0.6) is 0 Å². The van der Waals surface area contributed by atoms with Crippen LogP contribution < -0.4 is 5.32 Å². The van der Waals surface area contributed by atoms with E-state index in [1.807, 2.05) is 0 Å². The van der Waals surface area contributed by atoms with Crippen molar-refractivity contribution in [1.29, 1.82) is 0 Å². The maximum absolute atomic E-state index is 12.2. The number of nitrogens with one attached hydrogen (secondary N) is 1. The number of carbonyl (C=O) groups is 1. The van der Waals surface area contributed by atoms with Crippen molar-refractivity contribution in [1.82, 2.24) is 10.3 Å². The third kappa shape index (κ3) is 2.63. The van der Waals surface area contributed by atoms with E-state index in [0.29, 0.717) is 0 Å². The Labute approximate surface area is 111 Å². The Kier molecular flexibility index (Phi) is 3.62. The maximum atomic E-state index is 12.2. The number of aromatic nitrogens is 1. The molecule has 0 fully saturated rings. The number of rotatable bonds is 3. The van der Waals surface area contributed by atoms with Crippen LogP contribution in [0.25, 0.3) is 0 Å². The fourth-order valence-corrected chi connectivity index (χ4v) is 2.76. The summed E-state index contributed by atoms with van der Waals surface area (Å²) >= 11 is 0. The van der Waals surface area contributed by atoms with Crippen molar-refractivity contribution in [2.45, 2.75) is 9.79 Å². The topological polar surface area (TPSA) is 76.1 Å². The third-order valence-corrected chi connectivity index (χ3v) is 4.31. The molecule has 1 aromatic carbocycles. The van der Waals surface area contributed by atoms with Crippen LogP contribution in [0.3, 0.4) is 0 Å². The van der Waals surface area contributed by atoms with E-state index in [1.54, 1.807) is 18.2 Å². The van der Waals surface area contributed by atoms with Gasteiger partial charge < -0.3 is 5.32 Å². The number of pyridine rings is 1. The highest BCUT2D eigenvalue weighted by atomic mass is 32.2. The SMILES string of the molecule is CNC(=O)c1ccc(S(=O)(=O)c2ccccc2)cn1. The largest absolute Gasteiger partial charge is 0.354 e. The molecule has 0 aliphatic carbocycles. The number of benzene rings is 1. The summed E-state index contributed by atoms with van der Waals surface area (Å²) in [6, 6.07) is 10.8. The molecule has 98 valence electrons. The summed E-state index contributed by atoms with van der Waals surface area (Å²) in [5.41, 5.74) is 0.175. The molecule has 19 heavy (non-hydrogen) atoms. The van der Waals surface area contributed by atoms with Crippen molar-refractivity contribution in [2.24, 2.45) is 0 Å². The Bertz CT molecular complexity index is 680. The highest BCUT2D eigenvalue weighted by molar-refractivity contribution is 7.91. The molecule has 6 heteroatoms. The van der Waals surface area contributed by atoms with Crippen LogP contribution in [0.4, 0.5) is 0 Å². The van der Waals surface area contributed by atoms with Gasteiger partial charge in [-0.3, -0.25) is 4.79 Å². The fraction of sp³-hybridized carbons (Fsp3) is 0.0769. The minimum atomic E-state index is -3.58. The van der Waals surface area contributed by atoms with Crippen LogP contribution in [0, 0.1) is 0 Å². The fourth-order valence-electron chi connectivity index (χ4n) is 1.54. The summed E-state index contributed by atoms with van der Waals surface area (Å²) in [5, 5.41) is 2.42. The van der Waals surface area contributed by atoms with E-state index < -0.39 is 9.84 Å². The molecule has 0 aliphatic rings. The van der Waals surface area contributed by atoms with Crippen molar-refractivity contribution in [3.05, 3.63) is 54.4 Å². The van der Waals surface area contributed by atoms with Gasteiger partial charge in [-0.25, -0.2) is 13.4 Å². The Morgan fingerprint density at radius 1 is 1.05 bits per heavy atom. The second-order valence-corrected chi connectivity index (χ2v) is 5.72. The van der Waals surface area contributed by atoms with Crippen molar-refractivity contribution in [2.75, 3.05) is 7.05 Å². The molecule has 0 saturated heterocycles. The van der Waals surface area contributed by atoms with Gasteiger partial charge in [0.2, 0.25) is 9.84 Å². The van der Waals surface area contributed by atoms with Gasteiger partial charge in [-0.2, -0.15) is 0 Å². The Morgan fingerprint density at radius 3 is 2.26 bits per heavy atom. The molecular formula is C13H12N2O3S. The highest BCUT2D eigenvalue weighted by Crippen LogP contribution is 2.19. The predicted molar refractivity (Wildman–Crippen MR) is 69.5 cm³/mol. The van der Waals surface area contributed by atoms with Gasteiger partial charge in [0.15, 0.2) is 0 Å². The molecule has 0 radical (unpaired) electrons. The number of hydrogen-bond acceptors (Lipinski definition) is 4. The lowest BCUT2D eigenvalue weighted by atomic mass is 10.3. The van der Waals surface area contributed by atoms with Gasteiger partial charge in [-0.15, -0.1) is 0 Å². The van der Waals surface area contributed by atoms with E-state index in [0.717, 1.165) is 0 Å². The lowest BCUT2D eigenvalue weighted by molar-refractivity contribution is 0.0958. The lowest BCUT2D eigenvalue weighted by Gasteiger charge is -2.04. The molecule has 1 N–H and O–H groups in total. The summed E-state index contributed by atoms with van der Waals surface area (Å²) in [5.74, 6) is -0.358. The first-order valence-corrected chi connectivity index (χ1v) is 7.02. The lowest BCUT2D eigenvalue weighted by Crippen LogP contribution is -2.19. The van der Waals surface area contributed by atoms with Gasteiger partial charge in [-0.1, -0.05) is 18.2 Å². The summed E-state index contributed by atoms with van der Waals surface area (Å²) in [4.78, 5) is 15.4. The number of nitrogens with zero attached hydrogens (tertiary/aromatic N) is 1. The van der Waals surface area contributed by atoms with E-state index in [9.17, 15) is 13.2 Å². The Morgan fingerprint density at radius 2 is 1.74 bits per heavy atom. The molecule has 0 bridgehead atoms. The molecule has 0 aliphatic heterocycles. The number of carbonyl (C=O) groups excluding carboxylic acids is 1. The Hall–Kier alpha value is -2.21. The zero-order valence-electron chi connectivity index (χ0n) is 10.2. The maximum Gasteiger partial charge on any atom is 0.269 e. The molecule has 0 spiro atoms. The first kappa shape index (κ1) is 13.2. The van der Waals surface area contributed by atoms with Crippen molar-refractivity contribution in [3.8, 4) is 0 Å². The average Bonchev–Trinajstić information content (AvgIpc) is 2.47. The van der Waals surface area contributed by atoms with Crippen molar-refractivity contribution >= 4 is 15.7 Å². The molecule has 2 rings (SSSR count). The molecular weight excluding hydrogens is 264 g/mol. The number of sulfone groups is 1. The molecule has 0 saturated carbocycles. The first-order chi connectivity index (χ1) is 9.05. The Balaban J connectivity index is 2.40. The van der Waals surface area contributed by atoms with Crippen LogP contribution in [0.2, 0.25) is 0 Å². The molecule has 1 aromatic heterocycles. The zero-order valence-corrected chi connectivity index (χ0v) is 11.0. The number of amides is 1. The molecule has 2 aromatic rings. The average molecular weight is 276 g/mol. The van der Waals surface area contributed by atoms with Gasteiger partial charge in [0.05, 0.1) is 9.79 Å². The molecule has 0 atom stereocenters. The minimum Gasteiger partial charge on any atom is -0.354 e. The molecule has 0 unspecified atom stereocenters. The summed E-state index contributed by atoms with van der Waals surface area (Å²) in [7, 11) is -2.10. The van der Waals surface area contributed by atoms with Crippen LogP contribution in [-0.4, -0.2) is 26.4 Å². The minimum absolute atomic E-state index is 0.0614. The van der Waals surface area contributed by atoms with E-state index in [-0.39, 0.29) is 21.4 Å². The molecule has 5 nitrogen and oxygen atoms in total.